The predicted octanol–water partition coefficient (Wildman–Crippen LogP) is 0.979. The summed E-state index contributed by atoms with van der Waals surface area (Å²) in [5.41, 5.74) is 10.4. The predicted molar refractivity (Wildman–Crippen MR) is 62.5 cm³/mol. The standard InChI is InChI=1S/C10H13N4O.ClH/c1-13(14-8-10(11)15-12-14)7-9-5-3-2-4-6-9;/h2-6,8H,7,11H2,1H3;1H. The molecule has 1 aromatic carbocycles. The first-order valence-corrected chi connectivity index (χ1v) is 4.65. The van der Waals surface area contributed by atoms with Gasteiger partial charge >= 0.3 is 0 Å². The molecule has 1 aliphatic heterocycles. The first kappa shape index (κ1) is 12.6. The number of rotatable bonds is 3. The first-order valence-electron chi connectivity index (χ1n) is 4.65. The fourth-order valence-electron chi connectivity index (χ4n) is 1.33. The average molecular weight is 242 g/mol. The van der Waals surface area contributed by atoms with Crippen molar-refractivity contribution in [2.45, 2.75) is 6.54 Å². The van der Waals surface area contributed by atoms with Crippen LogP contribution in [0.5, 0.6) is 0 Å². The van der Waals surface area contributed by atoms with Gasteiger partial charge in [-0.2, -0.15) is 5.12 Å². The summed E-state index contributed by atoms with van der Waals surface area (Å²) in [6, 6.07) is 10.1. The lowest BCUT2D eigenvalue weighted by atomic mass is 10.2. The van der Waals surface area contributed by atoms with E-state index in [0.717, 1.165) is 6.54 Å². The maximum Gasteiger partial charge on any atom is 0.233 e. The number of nitrogens with zero attached hydrogens (tertiary/aromatic N) is 3. The number of nitrogens with two attached hydrogens (primary N) is 1. The molecule has 0 saturated carbocycles. The Balaban J connectivity index is 0.00000128. The number of hydrogen-bond acceptors (Lipinski definition) is 4. The molecule has 6 heteroatoms. The molecule has 16 heavy (non-hydrogen) atoms. The second-order valence-corrected chi connectivity index (χ2v) is 3.33. The summed E-state index contributed by atoms with van der Waals surface area (Å²) in [5.74, 6) is 0.301. The second-order valence-electron chi connectivity index (χ2n) is 3.33. The van der Waals surface area contributed by atoms with Crippen LogP contribution in [-0.2, 0) is 11.4 Å². The van der Waals surface area contributed by atoms with E-state index >= 15 is 0 Å². The molecule has 0 atom stereocenters. The Labute approximate surface area is 101 Å². The van der Waals surface area contributed by atoms with Crippen molar-refractivity contribution in [3.05, 3.63) is 48.0 Å². The van der Waals surface area contributed by atoms with E-state index in [0.29, 0.717) is 5.88 Å². The lowest BCUT2D eigenvalue weighted by Crippen LogP contribution is -2.37. The van der Waals surface area contributed by atoms with E-state index in [2.05, 4.69) is 17.7 Å². The summed E-state index contributed by atoms with van der Waals surface area (Å²) in [7, 11) is 1.91. The van der Waals surface area contributed by atoms with Gasteiger partial charge in [0.15, 0.2) is 0 Å². The Morgan fingerprint density at radius 1 is 1.38 bits per heavy atom. The van der Waals surface area contributed by atoms with E-state index in [1.54, 1.807) is 11.3 Å². The van der Waals surface area contributed by atoms with E-state index in [1.165, 1.54) is 5.56 Å². The quantitative estimate of drug-likeness (QED) is 0.857. The van der Waals surface area contributed by atoms with Crippen molar-refractivity contribution < 1.29 is 4.84 Å². The van der Waals surface area contributed by atoms with Gasteiger partial charge in [-0.3, -0.25) is 0 Å². The molecule has 0 saturated heterocycles. The molecule has 1 radical (unpaired) electrons. The zero-order chi connectivity index (χ0) is 10.7. The molecule has 1 aliphatic rings. The van der Waals surface area contributed by atoms with Gasteiger partial charge in [-0.25, -0.2) is 5.01 Å². The number of hydrazine groups is 1. The molecule has 87 valence electrons. The van der Waals surface area contributed by atoms with E-state index < -0.39 is 0 Å². The Bertz CT molecular complexity index is 357. The van der Waals surface area contributed by atoms with Crippen LogP contribution >= 0.6 is 12.4 Å². The van der Waals surface area contributed by atoms with Crippen molar-refractivity contribution in [2.24, 2.45) is 5.73 Å². The fourth-order valence-corrected chi connectivity index (χ4v) is 1.33. The van der Waals surface area contributed by atoms with Gasteiger partial charge in [0, 0.05) is 13.6 Å². The lowest BCUT2D eigenvalue weighted by Gasteiger charge is -2.23. The molecule has 0 amide bonds. The van der Waals surface area contributed by atoms with Crippen LogP contribution in [0.2, 0.25) is 0 Å². The third-order valence-electron chi connectivity index (χ3n) is 2.08. The van der Waals surface area contributed by atoms with Gasteiger partial charge < -0.3 is 10.6 Å². The molecule has 2 rings (SSSR count). The first-order chi connectivity index (χ1) is 7.25. The Hall–Kier alpha value is -1.43. The molecule has 0 fully saturated rings. The fraction of sp³-hybridized carbons (Fsp3) is 0.200. The highest BCUT2D eigenvalue weighted by Gasteiger charge is 2.17. The van der Waals surface area contributed by atoms with Gasteiger partial charge in [0.1, 0.15) is 6.20 Å². The van der Waals surface area contributed by atoms with Crippen molar-refractivity contribution >= 4 is 12.4 Å². The molecule has 0 unspecified atom stereocenters. The Morgan fingerprint density at radius 3 is 2.62 bits per heavy atom. The van der Waals surface area contributed by atoms with Crippen LogP contribution in [-0.4, -0.2) is 17.2 Å². The van der Waals surface area contributed by atoms with Gasteiger partial charge in [0.2, 0.25) is 5.88 Å². The summed E-state index contributed by atoms with van der Waals surface area (Å²) in [6.07, 6.45) is 1.63. The zero-order valence-electron chi connectivity index (χ0n) is 8.91. The minimum atomic E-state index is 0. The van der Waals surface area contributed by atoms with Crippen LogP contribution in [0.15, 0.2) is 42.4 Å². The zero-order valence-corrected chi connectivity index (χ0v) is 9.72. The molecule has 0 spiro atoms. The normalized spacial score (nSPS) is 14.4. The van der Waals surface area contributed by atoms with Crippen molar-refractivity contribution in [3.63, 3.8) is 0 Å². The van der Waals surface area contributed by atoms with Crippen LogP contribution in [0.1, 0.15) is 5.56 Å². The third-order valence-corrected chi connectivity index (χ3v) is 2.08. The minimum absolute atomic E-state index is 0. The molecule has 0 bridgehead atoms. The minimum Gasteiger partial charge on any atom is -0.367 e. The van der Waals surface area contributed by atoms with Crippen LogP contribution in [0.3, 0.4) is 0 Å². The van der Waals surface area contributed by atoms with E-state index in [4.69, 9.17) is 10.6 Å². The van der Waals surface area contributed by atoms with Gasteiger partial charge in [0.25, 0.3) is 0 Å². The largest absolute Gasteiger partial charge is 0.367 e. The molecule has 0 aliphatic carbocycles. The molecule has 5 nitrogen and oxygen atoms in total. The average Bonchev–Trinajstić information content (AvgIpc) is 2.66. The van der Waals surface area contributed by atoms with Crippen molar-refractivity contribution in [3.8, 4) is 0 Å². The highest BCUT2D eigenvalue weighted by molar-refractivity contribution is 5.85. The SMILES string of the molecule is CN(Cc1ccccc1)N1C=C(N)O[N]1.Cl. The van der Waals surface area contributed by atoms with Crippen LogP contribution in [0.4, 0.5) is 0 Å². The van der Waals surface area contributed by atoms with Crippen LogP contribution in [0, 0.1) is 0 Å². The number of benzene rings is 1. The van der Waals surface area contributed by atoms with Crippen LogP contribution in [0.25, 0.3) is 0 Å². The number of hydrogen-bond donors (Lipinski definition) is 1. The maximum absolute atomic E-state index is 5.43. The smallest absolute Gasteiger partial charge is 0.233 e. The molecule has 1 aromatic rings. The van der Waals surface area contributed by atoms with Crippen molar-refractivity contribution in [2.75, 3.05) is 7.05 Å². The number of halogens is 1. The van der Waals surface area contributed by atoms with E-state index in [9.17, 15) is 0 Å². The highest BCUT2D eigenvalue weighted by Crippen LogP contribution is 2.09. The van der Waals surface area contributed by atoms with Gasteiger partial charge in [-0.15, -0.1) is 12.4 Å². The van der Waals surface area contributed by atoms with E-state index in [1.807, 2.05) is 30.3 Å². The summed E-state index contributed by atoms with van der Waals surface area (Å²) in [5, 5.41) is 3.47. The second kappa shape index (κ2) is 5.60. The van der Waals surface area contributed by atoms with Crippen molar-refractivity contribution in [1.82, 2.24) is 15.7 Å². The lowest BCUT2D eigenvalue weighted by molar-refractivity contribution is -0.106. The van der Waals surface area contributed by atoms with Gasteiger partial charge in [0.05, 0.1) is 5.59 Å². The summed E-state index contributed by atoms with van der Waals surface area (Å²) >= 11 is 0. The molecule has 2 N–H and O–H groups in total. The monoisotopic (exact) mass is 241 g/mol. The van der Waals surface area contributed by atoms with Crippen LogP contribution < -0.4 is 11.3 Å². The maximum atomic E-state index is 5.43. The Morgan fingerprint density at radius 2 is 2.06 bits per heavy atom. The highest BCUT2D eigenvalue weighted by atomic mass is 35.5. The summed E-state index contributed by atoms with van der Waals surface area (Å²) < 4.78 is 0. The summed E-state index contributed by atoms with van der Waals surface area (Å²) in [4.78, 5) is 4.77. The Kier molecular flexibility index (Phi) is 4.42. The molecular formula is C10H14ClN4O. The topological polar surface area (TPSA) is 55.8 Å². The van der Waals surface area contributed by atoms with Gasteiger partial charge in [-0.05, 0) is 5.56 Å². The molecule has 1 heterocycles. The molecular weight excluding hydrogens is 228 g/mol. The van der Waals surface area contributed by atoms with Crippen molar-refractivity contribution in [1.29, 1.82) is 0 Å². The molecule has 0 aromatic heterocycles. The van der Waals surface area contributed by atoms with E-state index in [-0.39, 0.29) is 12.4 Å². The van der Waals surface area contributed by atoms with Gasteiger partial charge in [-0.1, -0.05) is 30.3 Å². The third kappa shape index (κ3) is 3.03. The summed E-state index contributed by atoms with van der Waals surface area (Å²) in [6.45, 7) is 0.747.